The third kappa shape index (κ3) is 4.32. The van der Waals surface area contributed by atoms with Crippen LogP contribution in [0.25, 0.3) is 11.3 Å². The minimum atomic E-state index is -0.300. The molecule has 9 heteroatoms. The summed E-state index contributed by atoms with van der Waals surface area (Å²) in [5.74, 6) is 1.19. The molecule has 150 valence electrons. The van der Waals surface area contributed by atoms with Gasteiger partial charge in [0.2, 0.25) is 11.8 Å². The van der Waals surface area contributed by atoms with E-state index in [0.29, 0.717) is 23.1 Å². The quantitative estimate of drug-likeness (QED) is 0.689. The topological polar surface area (TPSA) is 93.3 Å². The Hall–Kier alpha value is -3.13. The van der Waals surface area contributed by atoms with E-state index in [-0.39, 0.29) is 24.7 Å². The lowest BCUT2D eigenvalue weighted by molar-refractivity contribution is -0.122. The molecule has 0 fully saturated rings. The van der Waals surface area contributed by atoms with Crippen molar-refractivity contribution in [2.75, 3.05) is 16.8 Å². The maximum absolute atomic E-state index is 12.6. The molecule has 1 aliphatic heterocycles. The van der Waals surface area contributed by atoms with E-state index in [0.717, 1.165) is 30.0 Å². The van der Waals surface area contributed by atoms with Crippen molar-refractivity contribution in [2.45, 2.75) is 32.7 Å². The van der Waals surface area contributed by atoms with Crippen LogP contribution < -0.4 is 10.2 Å². The Morgan fingerprint density at radius 2 is 2.07 bits per heavy atom. The Morgan fingerprint density at radius 1 is 1.21 bits per heavy atom. The van der Waals surface area contributed by atoms with Gasteiger partial charge in [-0.25, -0.2) is 4.68 Å². The summed E-state index contributed by atoms with van der Waals surface area (Å²) >= 11 is 5.98. The fourth-order valence-corrected chi connectivity index (χ4v) is 3.52. The monoisotopic (exact) mass is 413 g/mol. The Labute approximate surface area is 172 Å². The first-order valence-corrected chi connectivity index (χ1v) is 9.75. The number of anilines is 2. The number of aryl methyl sites for hydroxylation is 2. The van der Waals surface area contributed by atoms with E-state index < -0.39 is 0 Å². The van der Waals surface area contributed by atoms with Crippen molar-refractivity contribution in [3.05, 3.63) is 47.1 Å². The highest BCUT2D eigenvalue weighted by Gasteiger charge is 2.24. The second-order valence-corrected chi connectivity index (χ2v) is 7.34. The van der Waals surface area contributed by atoms with Gasteiger partial charge >= 0.3 is 0 Å². The number of amides is 2. The van der Waals surface area contributed by atoms with Crippen LogP contribution in [-0.4, -0.2) is 33.3 Å². The number of benzene rings is 1. The number of carbonyl (C=O) groups is 2. The molecule has 3 heterocycles. The Morgan fingerprint density at radius 3 is 2.90 bits per heavy atom. The summed E-state index contributed by atoms with van der Waals surface area (Å²) in [7, 11) is 0. The summed E-state index contributed by atoms with van der Waals surface area (Å²) in [5, 5.41) is 11.5. The fraction of sp³-hybridized carbons (Fsp3) is 0.300. The number of nitrogens with zero attached hydrogens (tertiary/aromatic N) is 4. The third-order valence-corrected chi connectivity index (χ3v) is 4.90. The van der Waals surface area contributed by atoms with Crippen LogP contribution in [0.3, 0.4) is 0 Å². The lowest BCUT2D eigenvalue weighted by Gasteiger charge is -2.27. The van der Waals surface area contributed by atoms with Gasteiger partial charge in [-0.2, -0.15) is 5.10 Å². The molecule has 0 saturated heterocycles. The van der Waals surface area contributed by atoms with Crippen molar-refractivity contribution in [1.82, 2.24) is 14.9 Å². The van der Waals surface area contributed by atoms with Gasteiger partial charge in [-0.1, -0.05) is 28.9 Å². The van der Waals surface area contributed by atoms with Gasteiger partial charge in [0.25, 0.3) is 0 Å². The molecule has 0 unspecified atom stereocenters. The SMILES string of the molecule is Cc1cc2n(n1)CCCN2C(=O)CCC(=O)Nc1cc(-c2cccc(Cl)c2)on1. The third-order valence-electron chi connectivity index (χ3n) is 4.66. The molecule has 0 aliphatic carbocycles. The second-order valence-electron chi connectivity index (χ2n) is 6.90. The van der Waals surface area contributed by atoms with Crippen LogP contribution in [-0.2, 0) is 16.1 Å². The molecular weight excluding hydrogens is 394 g/mol. The van der Waals surface area contributed by atoms with E-state index >= 15 is 0 Å². The van der Waals surface area contributed by atoms with E-state index in [9.17, 15) is 9.59 Å². The van der Waals surface area contributed by atoms with Crippen molar-refractivity contribution in [3.63, 3.8) is 0 Å². The highest BCUT2D eigenvalue weighted by atomic mass is 35.5. The van der Waals surface area contributed by atoms with Crippen LogP contribution in [0.15, 0.2) is 40.9 Å². The lowest BCUT2D eigenvalue weighted by Crippen LogP contribution is -2.37. The number of carbonyl (C=O) groups excluding carboxylic acids is 2. The van der Waals surface area contributed by atoms with Crippen LogP contribution >= 0.6 is 11.6 Å². The van der Waals surface area contributed by atoms with E-state index in [1.165, 1.54) is 0 Å². The van der Waals surface area contributed by atoms with Crippen LogP contribution in [0, 0.1) is 6.92 Å². The molecule has 0 atom stereocenters. The molecule has 1 aromatic carbocycles. The maximum Gasteiger partial charge on any atom is 0.228 e. The summed E-state index contributed by atoms with van der Waals surface area (Å²) in [6, 6.07) is 10.7. The summed E-state index contributed by atoms with van der Waals surface area (Å²) in [5.41, 5.74) is 1.64. The predicted molar refractivity (Wildman–Crippen MR) is 109 cm³/mol. The molecule has 0 bridgehead atoms. The van der Waals surface area contributed by atoms with Crippen molar-refractivity contribution >= 4 is 35.1 Å². The van der Waals surface area contributed by atoms with Crippen LogP contribution in [0.5, 0.6) is 0 Å². The van der Waals surface area contributed by atoms with Crippen molar-refractivity contribution in [2.24, 2.45) is 0 Å². The van der Waals surface area contributed by atoms with Gasteiger partial charge in [-0.05, 0) is 25.5 Å². The zero-order valence-corrected chi connectivity index (χ0v) is 16.6. The van der Waals surface area contributed by atoms with Crippen LogP contribution in [0.1, 0.15) is 25.0 Å². The van der Waals surface area contributed by atoms with E-state index in [1.807, 2.05) is 23.7 Å². The predicted octanol–water partition coefficient (Wildman–Crippen LogP) is 3.66. The Balaban J connectivity index is 1.33. The van der Waals surface area contributed by atoms with E-state index in [1.54, 1.807) is 29.2 Å². The van der Waals surface area contributed by atoms with E-state index in [2.05, 4.69) is 15.6 Å². The van der Waals surface area contributed by atoms with Gasteiger partial charge in [0.05, 0.1) is 5.69 Å². The Kier molecular flexibility index (Phi) is 5.35. The number of hydrogen-bond acceptors (Lipinski definition) is 5. The first-order valence-electron chi connectivity index (χ1n) is 9.37. The number of halogens is 1. The first-order chi connectivity index (χ1) is 14.0. The van der Waals surface area contributed by atoms with Crippen molar-refractivity contribution in [3.8, 4) is 11.3 Å². The molecule has 29 heavy (non-hydrogen) atoms. The van der Waals surface area contributed by atoms with Gasteiger partial charge < -0.3 is 9.84 Å². The average Bonchev–Trinajstić information content (AvgIpc) is 3.31. The lowest BCUT2D eigenvalue weighted by atomic mass is 10.2. The molecule has 0 spiro atoms. The second kappa shape index (κ2) is 8.08. The Bertz CT molecular complexity index is 1060. The van der Waals surface area contributed by atoms with Gasteiger partial charge in [-0.3, -0.25) is 14.5 Å². The van der Waals surface area contributed by atoms with Crippen molar-refractivity contribution in [1.29, 1.82) is 0 Å². The van der Waals surface area contributed by atoms with Gasteiger partial charge in [-0.15, -0.1) is 0 Å². The normalized spacial score (nSPS) is 13.2. The summed E-state index contributed by atoms with van der Waals surface area (Å²) < 4.78 is 7.10. The molecule has 0 saturated carbocycles. The maximum atomic E-state index is 12.6. The van der Waals surface area contributed by atoms with Gasteiger partial charge in [0.15, 0.2) is 11.6 Å². The number of fused-ring (bicyclic) bond motifs is 1. The smallest absolute Gasteiger partial charge is 0.228 e. The van der Waals surface area contributed by atoms with Gasteiger partial charge in [0, 0.05) is 48.6 Å². The number of hydrogen-bond donors (Lipinski definition) is 1. The highest BCUT2D eigenvalue weighted by Crippen LogP contribution is 2.25. The molecular formula is C20H20ClN5O3. The highest BCUT2D eigenvalue weighted by molar-refractivity contribution is 6.30. The summed E-state index contributed by atoms with van der Waals surface area (Å²) in [6.45, 7) is 3.34. The molecule has 2 amide bonds. The molecule has 0 radical (unpaired) electrons. The van der Waals surface area contributed by atoms with Gasteiger partial charge in [0.1, 0.15) is 5.82 Å². The minimum Gasteiger partial charge on any atom is -0.354 e. The molecule has 8 nitrogen and oxygen atoms in total. The van der Waals surface area contributed by atoms with Crippen LogP contribution in [0.4, 0.5) is 11.6 Å². The zero-order chi connectivity index (χ0) is 20.4. The molecule has 2 aromatic heterocycles. The zero-order valence-electron chi connectivity index (χ0n) is 15.9. The molecule has 4 rings (SSSR count). The largest absolute Gasteiger partial charge is 0.354 e. The standard InChI is InChI=1S/C20H20ClN5O3/c1-13-10-19-25(8-3-9-26(19)23-13)20(28)7-6-18(27)22-17-12-16(29-24-17)14-4-2-5-15(21)11-14/h2,4-5,10-12H,3,6-9H2,1H3,(H,22,24,27). The average molecular weight is 414 g/mol. The number of nitrogens with one attached hydrogen (secondary N) is 1. The fourth-order valence-electron chi connectivity index (χ4n) is 3.33. The summed E-state index contributed by atoms with van der Waals surface area (Å²) in [6.07, 6.45) is 1.01. The van der Waals surface area contributed by atoms with E-state index in [4.69, 9.17) is 16.1 Å². The molecule has 1 aliphatic rings. The number of rotatable bonds is 5. The minimum absolute atomic E-state index is 0.0574. The number of aromatic nitrogens is 3. The van der Waals surface area contributed by atoms with Crippen LogP contribution in [0.2, 0.25) is 5.02 Å². The summed E-state index contributed by atoms with van der Waals surface area (Å²) in [4.78, 5) is 26.6. The molecule has 1 N–H and O–H groups in total. The molecule has 3 aromatic rings. The first kappa shape index (κ1) is 19.2. The van der Waals surface area contributed by atoms with Crippen molar-refractivity contribution < 1.29 is 14.1 Å².